The van der Waals surface area contributed by atoms with E-state index in [-0.39, 0.29) is 25.3 Å². The standard InChI is InChI=1S/C13H18N2O4S2/c1-15(21(17,18)7-5-13(16)19-2)9-11-8-12(20-10-11)4-3-6-14/h8,10H,5-7,9,14H2,1-2H3. The van der Waals surface area contributed by atoms with Crippen molar-refractivity contribution < 1.29 is 17.9 Å². The molecule has 0 spiro atoms. The summed E-state index contributed by atoms with van der Waals surface area (Å²) in [6, 6.07) is 1.83. The molecule has 1 heterocycles. The van der Waals surface area contributed by atoms with Gasteiger partial charge in [-0.3, -0.25) is 4.79 Å². The van der Waals surface area contributed by atoms with Crippen molar-refractivity contribution in [1.29, 1.82) is 0 Å². The molecular weight excluding hydrogens is 312 g/mol. The molecule has 0 radical (unpaired) electrons. The number of hydrogen-bond donors (Lipinski definition) is 1. The number of methoxy groups -OCH3 is 1. The van der Waals surface area contributed by atoms with Crippen LogP contribution in [0.25, 0.3) is 0 Å². The van der Waals surface area contributed by atoms with Crippen molar-refractivity contribution in [3.05, 3.63) is 21.9 Å². The topological polar surface area (TPSA) is 89.7 Å². The zero-order valence-electron chi connectivity index (χ0n) is 12.0. The van der Waals surface area contributed by atoms with Gasteiger partial charge < -0.3 is 10.5 Å². The molecule has 0 aliphatic heterocycles. The zero-order valence-corrected chi connectivity index (χ0v) is 13.6. The number of thiophene rings is 1. The van der Waals surface area contributed by atoms with Crippen LogP contribution in [0.5, 0.6) is 0 Å². The second kappa shape index (κ2) is 8.14. The van der Waals surface area contributed by atoms with Crippen LogP contribution in [0.2, 0.25) is 0 Å². The minimum absolute atomic E-state index is 0.153. The number of carbonyl (C=O) groups is 1. The summed E-state index contributed by atoms with van der Waals surface area (Å²) in [6.45, 7) is 0.527. The first-order chi connectivity index (χ1) is 9.89. The average Bonchev–Trinajstić information content (AvgIpc) is 2.90. The van der Waals surface area contributed by atoms with Crippen LogP contribution in [0.15, 0.2) is 11.4 Å². The van der Waals surface area contributed by atoms with Crippen LogP contribution in [-0.4, -0.2) is 45.1 Å². The van der Waals surface area contributed by atoms with Gasteiger partial charge in [0.2, 0.25) is 10.0 Å². The van der Waals surface area contributed by atoms with E-state index in [1.807, 2.05) is 11.4 Å². The summed E-state index contributed by atoms with van der Waals surface area (Å²) in [5, 5.41) is 1.85. The lowest BCUT2D eigenvalue weighted by Crippen LogP contribution is -2.29. The van der Waals surface area contributed by atoms with E-state index in [0.717, 1.165) is 10.4 Å². The van der Waals surface area contributed by atoms with Crippen molar-refractivity contribution in [2.24, 2.45) is 5.73 Å². The highest BCUT2D eigenvalue weighted by molar-refractivity contribution is 7.89. The highest BCUT2D eigenvalue weighted by Crippen LogP contribution is 2.16. The second-order valence-electron chi connectivity index (χ2n) is 4.22. The molecule has 1 rings (SSSR count). The SMILES string of the molecule is COC(=O)CCS(=O)(=O)N(C)Cc1csc(C#CCN)c1. The minimum Gasteiger partial charge on any atom is -0.469 e. The number of nitrogens with two attached hydrogens (primary N) is 1. The molecule has 0 aromatic carbocycles. The molecule has 0 saturated carbocycles. The largest absolute Gasteiger partial charge is 0.469 e. The Morgan fingerprint density at radius 2 is 2.24 bits per heavy atom. The lowest BCUT2D eigenvalue weighted by Gasteiger charge is -2.15. The van der Waals surface area contributed by atoms with E-state index in [2.05, 4.69) is 16.6 Å². The molecule has 0 saturated heterocycles. The monoisotopic (exact) mass is 330 g/mol. The summed E-state index contributed by atoms with van der Waals surface area (Å²) in [6.07, 6.45) is -0.153. The predicted octanol–water partition coefficient (Wildman–Crippen LogP) is 0.383. The van der Waals surface area contributed by atoms with Gasteiger partial charge in [0, 0.05) is 13.6 Å². The Hall–Kier alpha value is -1.40. The van der Waals surface area contributed by atoms with Gasteiger partial charge in [-0.25, -0.2) is 12.7 Å². The Bertz CT molecular complexity index is 641. The summed E-state index contributed by atoms with van der Waals surface area (Å²) in [7, 11) is -0.778. The smallest absolute Gasteiger partial charge is 0.306 e. The van der Waals surface area contributed by atoms with Gasteiger partial charge in [-0.05, 0) is 17.0 Å². The minimum atomic E-state index is -3.49. The van der Waals surface area contributed by atoms with Crippen LogP contribution in [0.1, 0.15) is 16.9 Å². The lowest BCUT2D eigenvalue weighted by atomic mass is 10.3. The normalized spacial score (nSPS) is 11.0. The van der Waals surface area contributed by atoms with Gasteiger partial charge in [-0.15, -0.1) is 11.3 Å². The molecule has 116 valence electrons. The molecule has 0 aliphatic rings. The Morgan fingerprint density at radius 3 is 2.86 bits per heavy atom. The first-order valence-corrected chi connectivity index (χ1v) is 8.65. The van der Waals surface area contributed by atoms with Crippen molar-refractivity contribution in [3.8, 4) is 11.8 Å². The summed E-state index contributed by atoms with van der Waals surface area (Å²) in [4.78, 5) is 11.9. The summed E-state index contributed by atoms with van der Waals surface area (Å²) >= 11 is 1.44. The molecule has 21 heavy (non-hydrogen) atoms. The van der Waals surface area contributed by atoms with Crippen LogP contribution >= 0.6 is 11.3 Å². The third kappa shape index (κ3) is 5.85. The van der Waals surface area contributed by atoms with Crippen LogP contribution < -0.4 is 5.73 Å². The van der Waals surface area contributed by atoms with E-state index < -0.39 is 16.0 Å². The summed E-state index contributed by atoms with van der Waals surface area (Å²) < 4.78 is 29.7. The third-order valence-electron chi connectivity index (χ3n) is 2.64. The number of sulfonamides is 1. The van der Waals surface area contributed by atoms with Crippen molar-refractivity contribution in [2.45, 2.75) is 13.0 Å². The molecule has 1 aromatic heterocycles. The van der Waals surface area contributed by atoms with Crippen LogP contribution in [-0.2, 0) is 26.1 Å². The van der Waals surface area contributed by atoms with E-state index in [0.29, 0.717) is 0 Å². The molecule has 0 bridgehead atoms. The Kier molecular flexibility index (Phi) is 6.84. The zero-order chi connectivity index (χ0) is 15.9. The molecule has 0 unspecified atom stereocenters. The van der Waals surface area contributed by atoms with Crippen molar-refractivity contribution in [2.75, 3.05) is 26.5 Å². The number of carbonyl (C=O) groups excluding carboxylic acids is 1. The summed E-state index contributed by atoms with van der Waals surface area (Å²) in [5.41, 5.74) is 6.15. The maximum absolute atomic E-state index is 12.0. The maximum Gasteiger partial charge on any atom is 0.306 e. The van der Waals surface area contributed by atoms with Crippen LogP contribution in [0.4, 0.5) is 0 Å². The predicted molar refractivity (Wildman–Crippen MR) is 82.1 cm³/mol. The van der Waals surface area contributed by atoms with Gasteiger partial charge in [-0.2, -0.15) is 0 Å². The van der Waals surface area contributed by atoms with Crippen LogP contribution in [0.3, 0.4) is 0 Å². The highest BCUT2D eigenvalue weighted by Gasteiger charge is 2.20. The molecule has 0 fully saturated rings. The molecular formula is C13H18N2O4S2. The fourth-order valence-electron chi connectivity index (χ4n) is 1.49. The summed E-state index contributed by atoms with van der Waals surface area (Å²) in [5.74, 6) is 4.84. The van der Waals surface area contributed by atoms with Crippen LogP contribution in [0, 0.1) is 11.8 Å². The van der Waals surface area contributed by atoms with Crippen molar-refractivity contribution >= 4 is 27.3 Å². The van der Waals surface area contributed by atoms with E-state index in [1.54, 1.807) is 0 Å². The Morgan fingerprint density at radius 1 is 1.52 bits per heavy atom. The van der Waals surface area contributed by atoms with E-state index in [9.17, 15) is 13.2 Å². The van der Waals surface area contributed by atoms with Gasteiger partial charge in [0.1, 0.15) is 0 Å². The number of hydrogen-bond acceptors (Lipinski definition) is 6. The van der Waals surface area contributed by atoms with Gasteiger partial charge in [0.25, 0.3) is 0 Å². The molecule has 2 N–H and O–H groups in total. The van der Waals surface area contributed by atoms with Gasteiger partial charge in [0.05, 0.1) is 30.7 Å². The molecule has 1 aromatic rings. The van der Waals surface area contributed by atoms with E-state index >= 15 is 0 Å². The molecule has 0 atom stereocenters. The molecule has 8 heteroatoms. The first-order valence-electron chi connectivity index (χ1n) is 6.16. The van der Waals surface area contributed by atoms with E-state index in [1.165, 1.54) is 29.8 Å². The average molecular weight is 330 g/mol. The Labute approximate surface area is 128 Å². The van der Waals surface area contributed by atoms with Crippen molar-refractivity contribution in [3.63, 3.8) is 0 Å². The van der Waals surface area contributed by atoms with Gasteiger partial charge in [-0.1, -0.05) is 11.8 Å². The number of ether oxygens (including phenoxy) is 1. The maximum atomic E-state index is 12.0. The van der Waals surface area contributed by atoms with Gasteiger partial charge in [0.15, 0.2) is 0 Å². The van der Waals surface area contributed by atoms with Crippen molar-refractivity contribution in [1.82, 2.24) is 4.31 Å². The number of rotatable bonds is 6. The number of nitrogens with zero attached hydrogens (tertiary/aromatic N) is 1. The Balaban J connectivity index is 2.64. The molecule has 0 amide bonds. The highest BCUT2D eigenvalue weighted by atomic mass is 32.2. The fraction of sp³-hybridized carbons (Fsp3) is 0.462. The quantitative estimate of drug-likeness (QED) is 0.602. The number of esters is 1. The van der Waals surface area contributed by atoms with E-state index in [4.69, 9.17) is 5.73 Å². The third-order valence-corrected chi connectivity index (χ3v) is 5.33. The fourth-order valence-corrected chi connectivity index (χ4v) is 3.34. The molecule has 6 nitrogen and oxygen atoms in total. The lowest BCUT2D eigenvalue weighted by molar-refractivity contribution is -0.140. The second-order valence-corrected chi connectivity index (χ2v) is 7.33. The van der Waals surface area contributed by atoms with Gasteiger partial charge >= 0.3 is 5.97 Å². The first kappa shape index (κ1) is 17.7. The molecule has 0 aliphatic carbocycles.